The maximum Gasteiger partial charge on any atom is 0.220 e. The molecule has 0 fully saturated rings. The summed E-state index contributed by atoms with van der Waals surface area (Å²) >= 11 is 0. The number of ether oxygens (including phenoxy) is 2. The predicted molar refractivity (Wildman–Crippen MR) is 89.0 cm³/mol. The fourth-order valence-electron chi connectivity index (χ4n) is 2.39. The largest absolute Gasteiger partial charge is 0.486 e. The van der Waals surface area contributed by atoms with Crippen molar-refractivity contribution in [3.05, 3.63) is 23.8 Å². The van der Waals surface area contributed by atoms with Crippen LogP contribution in [0.5, 0.6) is 11.5 Å². The van der Waals surface area contributed by atoms with Crippen molar-refractivity contribution in [3.63, 3.8) is 0 Å². The van der Waals surface area contributed by atoms with Crippen LogP contribution in [0.1, 0.15) is 37.8 Å². The number of hydrogen-bond acceptors (Lipinski definition) is 4. The van der Waals surface area contributed by atoms with E-state index in [1.165, 1.54) is 0 Å². The van der Waals surface area contributed by atoms with Gasteiger partial charge in [0, 0.05) is 6.42 Å². The number of benzene rings is 1. The smallest absolute Gasteiger partial charge is 0.220 e. The summed E-state index contributed by atoms with van der Waals surface area (Å²) in [6.07, 6.45) is 2.24. The van der Waals surface area contributed by atoms with E-state index in [2.05, 4.69) is 17.6 Å². The highest BCUT2D eigenvalue weighted by Gasteiger charge is 2.17. The molecule has 1 heterocycles. The topological polar surface area (TPSA) is 59.6 Å². The SMILES string of the molecule is CCC(NC(=O)CCCNC)c1ccc2c(c1)OCCO2.Cl. The lowest BCUT2D eigenvalue weighted by molar-refractivity contribution is -0.121. The molecule has 0 radical (unpaired) electrons. The van der Waals surface area contributed by atoms with E-state index in [4.69, 9.17) is 9.47 Å². The number of amides is 1. The molecule has 1 unspecified atom stereocenters. The van der Waals surface area contributed by atoms with E-state index < -0.39 is 0 Å². The van der Waals surface area contributed by atoms with Gasteiger partial charge in [0.2, 0.25) is 5.91 Å². The monoisotopic (exact) mass is 328 g/mol. The second-order valence-electron chi connectivity index (χ2n) is 5.14. The molecule has 1 aliphatic rings. The summed E-state index contributed by atoms with van der Waals surface area (Å²) < 4.78 is 11.1. The third-order valence-electron chi connectivity index (χ3n) is 3.54. The van der Waals surface area contributed by atoms with Crippen LogP contribution in [0.25, 0.3) is 0 Å². The van der Waals surface area contributed by atoms with E-state index in [1.807, 2.05) is 25.2 Å². The van der Waals surface area contributed by atoms with Crippen LogP contribution in [0.15, 0.2) is 18.2 Å². The molecule has 0 spiro atoms. The molecular formula is C16H25ClN2O3. The van der Waals surface area contributed by atoms with Crippen molar-refractivity contribution < 1.29 is 14.3 Å². The first-order chi connectivity index (χ1) is 10.2. The molecule has 5 nitrogen and oxygen atoms in total. The van der Waals surface area contributed by atoms with Crippen LogP contribution in [0.2, 0.25) is 0 Å². The zero-order valence-electron chi connectivity index (χ0n) is 13.2. The average Bonchev–Trinajstić information content (AvgIpc) is 2.52. The summed E-state index contributed by atoms with van der Waals surface area (Å²) in [6.45, 7) is 4.08. The molecule has 2 N–H and O–H groups in total. The van der Waals surface area contributed by atoms with Crippen LogP contribution in [-0.4, -0.2) is 32.7 Å². The number of nitrogens with one attached hydrogen (secondary N) is 2. The van der Waals surface area contributed by atoms with E-state index >= 15 is 0 Å². The Labute approximate surface area is 138 Å². The summed E-state index contributed by atoms with van der Waals surface area (Å²) in [4.78, 5) is 12.0. The molecule has 1 aromatic carbocycles. The van der Waals surface area contributed by atoms with Gasteiger partial charge < -0.3 is 20.1 Å². The van der Waals surface area contributed by atoms with Gasteiger partial charge in [-0.2, -0.15) is 0 Å². The zero-order valence-corrected chi connectivity index (χ0v) is 14.0. The van der Waals surface area contributed by atoms with Crippen molar-refractivity contribution in [1.82, 2.24) is 10.6 Å². The van der Waals surface area contributed by atoms with E-state index in [0.29, 0.717) is 19.6 Å². The Morgan fingerprint density at radius 1 is 1.27 bits per heavy atom. The minimum absolute atomic E-state index is 0. The molecule has 1 atom stereocenters. The van der Waals surface area contributed by atoms with Crippen molar-refractivity contribution >= 4 is 18.3 Å². The Morgan fingerprint density at radius 2 is 2.00 bits per heavy atom. The number of rotatable bonds is 7. The number of hydrogen-bond donors (Lipinski definition) is 2. The fourth-order valence-corrected chi connectivity index (χ4v) is 2.39. The number of fused-ring (bicyclic) bond motifs is 1. The quantitative estimate of drug-likeness (QED) is 0.755. The molecule has 1 amide bonds. The van der Waals surface area contributed by atoms with Gasteiger partial charge in [-0.05, 0) is 44.1 Å². The highest BCUT2D eigenvalue weighted by atomic mass is 35.5. The summed E-state index contributed by atoms with van der Waals surface area (Å²) in [5.41, 5.74) is 1.06. The molecule has 22 heavy (non-hydrogen) atoms. The average molecular weight is 329 g/mol. The van der Waals surface area contributed by atoms with Crippen LogP contribution in [0, 0.1) is 0 Å². The summed E-state index contributed by atoms with van der Waals surface area (Å²) in [7, 11) is 1.89. The summed E-state index contributed by atoms with van der Waals surface area (Å²) in [6, 6.07) is 5.90. The van der Waals surface area contributed by atoms with E-state index in [-0.39, 0.29) is 24.4 Å². The summed E-state index contributed by atoms with van der Waals surface area (Å²) in [5.74, 6) is 1.63. The number of carbonyl (C=O) groups is 1. The normalized spacial score (nSPS) is 13.9. The van der Waals surface area contributed by atoms with Gasteiger partial charge in [0.1, 0.15) is 13.2 Å². The second-order valence-corrected chi connectivity index (χ2v) is 5.14. The molecule has 0 saturated carbocycles. The van der Waals surface area contributed by atoms with Gasteiger partial charge in [0.25, 0.3) is 0 Å². The molecule has 0 aliphatic carbocycles. The van der Waals surface area contributed by atoms with Gasteiger partial charge in [0.15, 0.2) is 11.5 Å². The fraction of sp³-hybridized carbons (Fsp3) is 0.562. The van der Waals surface area contributed by atoms with E-state index in [9.17, 15) is 4.79 Å². The molecule has 0 saturated heterocycles. The summed E-state index contributed by atoms with van der Waals surface area (Å²) in [5, 5.41) is 6.13. The third kappa shape index (κ3) is 5.07. The van der Waals surface area contributed by atoms with Crippen LogP contribution >= 0.6 is 12.4 Å². The van der Waals surface area contributed by atoms with Crippen molar-refractivity contribution in [1.29, 1.82) is 0 Å². The first-order valence-corrected chi connectivity index (χ1v) is 7.58. The number of halogens is 1. The maximum absolute atomic E-state index is 12.0. The van der Waals surface area contributed by atoms with Gasteiger partial charge in [-0.1, -0.05) is 13.0 Å². The van der Waals surface area contributed by atoms with Gasteiger partial charge >= 0.3 is 0 Å². The molecule has 1 aromatic rings. The predicted octanol–water partition coefficient (Wildman–Crippen LogP) is 2.45. The van der Waals surface area contributed by atoms with Gasteiger partial charge in [-0.3, -0.25) is 4.79 Å². The van der Waals surface area contributed by atoms with Gasteiger partial charge in [0.05, 0.1) is 6.04 Å². The highest BCUT2D eigenvalue weighted by Crippen LogP contribution is 2.33. The highest BCUT2D eigenvalue weighted by molar-refractivity contribution is 5.85. The second kappa shape index (κ2) is 9.54. The van der Waals surface area contributed by atoms with Crippen molar-refractivity contribution in [2.45, 2.75) is 32.2 Å². The Hall–Kier alpha value is -1.46. The lowest BCUT2D eigenvalue weighted by Gasteiger charge is -2.22. The van der Waals surface area contributed by atoms with Crippen molar-refractivity contribution in [2.24, 2.45) is 0 Å². The Morgan fingerprint density at radius 3 is 2.68 bits per heavy atom. The molecule has 0 aromatic heterocycles. The molecule has 1 aliphatic heterocycles. The molecule has 6 heteroatoms. The van der Waals surface area contributed by atoms with Gasteiger partial charge in [-0.25, -0.2) is 0 Å². The maximum atomic E-state index is 12.0. The van der Waals surface area contributed by atoms with E-state index in [0.717, 1.165) is 36.4 Å². The lowest BCUT2D eigenvalue weighted by atomic mass is 10.0. The van der Waals surface area contributed by atoms with Crippen molar-refractivity contribution in [3.8, 4) is 11.5 Å². The Bertz CT molecular complexity index is 482. The molecule has 2 rings (SSSR count). The van der Waals surface area contributed by atoms with E-state index in [1.54, 1.807) is 0 Å². The zero-order chi connectivity index (χ0) is 15.1. The van der Waals surface area contributed by atoms with Crippen LogP contribution in [0.4, 0.5) is 0 Å². The van der Waals surface area contributed by atoms with Crippen LogP contribution in [-0.2, 0) is 4.79 Å². The first-order valence-electron chi connectivity index (χ1n) is 7.58. The third-order valence-corrected chi connectivity index (χ3v) is 3.54. The molecule has 0 bridgehead atoms. The lowest BCUT2D eigenvalue weighted by Crippen LogP contribution is -2.28. The Balaban J connectivity index is 0.00000242. The number of carbonyl (C=O) groups excluding carboxylic acids is 1. The minimum atomic E-state index is 0. The first kappa shape index (κ1) is 18.6. The minimum Gasteiger partial charge on any atom is -0.486 e. The van der Waals surface area contributed by atoms with Crippen LogP contribution in [0.3, 0.4) is 0 Å². The Kier molecular flexibility index (Phi) is 8.06. The molecular weight excluding hydrogens is 304 g/mol. The van der Waals surface area contributed by atoms with Gasteiger partial charge in [-0.15, -0.1) is 12.4 Å². The van der Waals surface area contributed by atoms with Crippen LogP contribution < -0.4 is 20.1 Å². The standard InChI is InChI=1S/C16H24N2O3.ClH/c1-3-13(18-16(19)5-4-8-17-2)12-6-7-14-15(11-12)21-10-9-20-14;/h6-7,11,13,17H,3-5,8-10H2,1-2H3,(H,18,19);1H. The van der Waals surface area contributed by atoms with Crippen molar-refractivity contribution in [2.75, 3.05) is 26.8 Å². The molecule has 124 valence electrons.